The first-order valence-corrected chi connectivity index (χ1v) is 7.03. The molecular formula is C18H15FO3. The molecule has 0 saturated heterocycles. The summed E-state index contributed by atoms with van der Waals surface area (Å²) in [5, 5.41) is 0. The second kappa shape index (κ2) is 6.54. The van der Waals surface area contributed by atoms with Crippen LogP contribution in [0.1, 0.15) is 17.2 Å². The lowest BCUT2D eigenvalue weighted by atomic mass is 10.1. The second-order valence-corrected chi connectivity index (χ2v) is 4.97. The molecule has 2 aromatic carbocycles. The lowest BCUT2D eigenvalue weighted by molar-refractivity contribution is 0.128. The number of rotatable bonds is 4. The molecule has 0 aromatic heterocycles. The summed E-state index contributed by atoms with van der Waals surface area (Å²) < 4.78 is 24.7. The molecule has 3 rings (SSSR count). The van der Waals surface area contributed by atoms with Crippen molar-refractivity contribution in [1.29, 1.82) is 0 Å². The molecule has 1 unspecified atom stereocenters. The Labute approximate surface area is 127 Å². The standard InChI is InChI=1S/C18H15FO3/c19-14-8-9-17(22-12-13-5-2-1-3-6-13)18(20)15(11-14)16-7-4-10-21-16/h1-9,11,16H,10,12H2. The molecule has 1 aliphatic rings. The summed E-state index contributed by atoms with van der Waals surface area (Å²) in [7, 11) is 0. The van der Waals surface area contributed by atoms with Gasteiger partial charge in [-0.1, -0.05) is 42.5 Å². The van der Waals surface area contributed by atoms with E-state index in [1.54, 1.807) is 12.2 Å². The van der Waals surface area contributed by atoms with Crippen LogP contribution in [0.25, 0.3) is 0 Å². The first-order chi connectivity index (χ1) is 10.7. The Hall–Kier alpha value is -2.46. The first kappa shape index (κ1) is 14.5. The Morgan fingerprint density at radius 2 is 2.00 bits per heavy atom. The molecule has 4 heteroatoms. The van der Waals surface area contributed by atoms with E-state index in [0.29, 0.717) is 6.61 Å². The summed E-state index contributed by atoms with van der Waals surface area (Å²) in [5.74, 6) is -0.378. The van der Waals surface area contributed by atoms with Crippen LogP contribution in [-0.4, -0.2) is 6.61 Å². The maximum Gasteiger partial charge on any atom is 0.226 e. The average Bonchev–Trinajstić information content (AvgIpc) is 3.03. The molecule has 0 aliphatic carbocycles. The lowest BCUT2D eigenvalue weighted by Crippen LogP contribution is -2.13. The van der Waals surface area contributed by atoms with E-state index >= 15 is 0 Å². The van der Waals surface area contributed by atoms with Gasteiger partial charge in [-0.2, -0.15) is 0 Å². The Morgan fingerprint density at radius 1 is 1.18 bits per heavy atom. The van der Waals surface area contributed by atoms with Crippen molar-refractivity contribution >= 4 is 0 Å². The van der Waals surface area contributed by atoms with Crippen LogP contribution in [0.2, 0.25) is 0 Å². The van der Waals surface area contributed by atoms with Crippen molar-refractivity contribution in [2.75, 3.05) is 6.61 Å². The number of ether oxygens (including phenoxy) is 2. The summed E-state index contributed by atoms with van der Waals surface area (Å²) in [6.45, 7) is 0.674. The summed E-state index contributed by atoms with van der Waals surface area (Å²) in [6, 6.07) is 13.3. The van der Waals surface area contributed by atoms with Gasteiger partial charge in [0.1, 0.15) is 18.5 Å². The van der Waals surface area contributed by atoms with E-state index in [0.717, 1.165) is 5.56 Å². The van der Waals surface area contributed by atoms with Gasteiger partial charge < -0.3 is 9.47 Å². The fourth-order valence-corrected chi connectivity index (χ4v) is 2.28. The van der Waals surface area contributed by atoms with Crippen molar-refractivity contribution in [3.63, 3.8) is 0 Å². The fraction of sp³-hybridized carbons (Fsp3) is 0.167. The predicted octanol–water partition coefficient (Wildman–Crippen LogP) is 3.39. The molecule has 0 spiro atoms. The normalized spacial score (nSPS) is 16.7. The smallest absolute Gasteiger partial charge is 0.226 e. The Bertz CT molecular complexity index is 741. The van der Waals surface area contributed by atoms with E-state index in [1.165, 1.54) is 18.2 Å². The highest BCUT2D eigenvalue weighted by Crippen LogP contribution is 2.22. The summed E-state index contributed by atoms with van der Waals surface area (Å²) >= 11 is 0. The molecular weight excluding hydrogens is 283 g/mol. The van der Waals surface area contributed by atoms with Gasteiger partial charge in [0.15, 0.2) is 5.75 Å². The van der Waals surface area contributed by atoms with E-state index in [1.807, 2.05) is 30.3 Å². The molecule has 0 radical (unpaired) electrons. The van der Waals surface area contributed by atoms with E-state index in [9.17, 15) is 9.18 Å². The molecule has 1 atom stereocenters. The zero-order chi connectivity index (χ0) is 15.4. The van der Waals surface area contributed by atoms with E-state index in [-0.39, 0.29) is 23.3 Å². The minimum absolute atomic E-state index is 0.117. The predicted molar refractivity (Wildman–Crippen MR) is 81.3 cm³/mol. The maximum atomic E-state index is 13.7. The van der Waals surface area contributed by atoms with E-state index < -0.39 is 11.9 Å². The molecule has 22 heavy (non-hydrogen) atoms. The Morgan fingerprint density at radius 3 is 2.73 bits per heavy atom. The Balaban J connectivity index is 1.91. The van der Waals surface area contributed by atoms with Crippen molar-refractivity contribution in [2.24, 2.45) is 0 Å². The fourth-order valence-electron chi connectivity index (χ4n) is 2.28. The first-order valence-electron chi connectivity index (χ1n) is 7.03. The quantitative estimate of drug-likeness (QED) is 0.812. The van der Waals surface area contributed by atoms with E-state index in [4.69, 9.17) is 9.47 Å². The number of hydrogen-bond acceptors (Lipinski definition) is 3. The van der Waals surface area contributed by atoms with Crippen LogP contribution in [0.4, 0.5) is 4.39 Å². The van der Waals surface area contributed by atoms with Gasteiger partial charge in [-0.05, 0) is 23.8 Å². The van der Waals surface area contributed by atoms with Gasteiger partial charge in [-0.3, -0.25) is 4.79 Å². The summed E-state index contributed by atoms with van der Waals surface area (Å²) in [5.41, 5.74) is 0.836. The van der Waals surface area contributed by atoms with Gasteiger partial charge in [0, 0.05) is 5.56 Å². The molecule has 0 N–H and O–H groups in total. The second-order valence-electron chi connectivity index (χ2n) is 4.97. The van der Waals surface area contributed by atoms with Crippen LogP contribution in [0.15, 0.2) is 65.5 Å². The number of hydrogen-bond donors (Lipinski definition) is 0. The molecule has 0 bridgehead atoms. The largest absolute Gasteiger partial charge is 0.485 e. The zero-order valence-electron chi connectivity index (χ0n) is 11.9. The third-order valence-corrected chi connectivity index (χ3v) is 3.40. The minimum atomic E-state index is -0.520. The number of benzene rings is 1. The van der Waals surface area contributed by atoms with Crippen molar-refractivity contribution < 1.29 is 13.9 Å². The third-order valence-electron chi connectivity index (χ3n) is 3.40. The van der Waals surface area contributed by atoms with Crippen LogP contribution >= 0.6 is 0 Å². The molecule has 1 heterocycles. The zero-order valence-corrected chi connectivity index (χ0v) is 11.9. The van der Waals surface area contributed by atoms with Crippen LogP contribution in [0.3, 0.4) is 0 Å². The van der Waals surface area contributed by atoms with Crippen molar-refractivity contribution in [2.45, 2.75) is 12.7 Å². The summed E-state index contributed by atoms with van der Waals surface area (Å²) in [6.07, 6.45) is 3.03. The molecule has 3 nitrogen and oxygen atoms in total. The van der Waals surface area contributed by atoms with Crippen LogP contribution < -0.4 is 10.2 Å². The molecule has 0 amide bonds. The van der Waals surface area contributed by atoms with Crippen molar-refractivity contribution in [1.82, 2.24) is 0 Å². The minimum Gasteiger partial charge on any atom is -0.485 e. The van der Waals surface area contributed by atoms with Crippen LogP contribution in [0, 0.1) is 5.82 Å². The van der Waals surface area contributed by atoms with Gasteiger partial charge in [-0.25, -0.2) is 4.39 Å². The van der Waals surface area contributed by atoms with Gasteiger partial charge in [0.05, 0.1) is 6.61 Å². The van der Waals surface area contributed by atoms with E-state index in [2.05, 4.69) is 0 Å². The highest BCUT2D eigenvalue weighted by molar-refractivity contribution is 5.32. The third kappa shape index (κ3) is 3.23. The van der Waals surface area contributed by atoms with Crippen molar-refractivity contribution in [3.8, 4) is 5.75 Å². The van der Waals surface area contributed by atoms with Crippen molar-refractivity contribution in [3.05, 3.63) is 87.9 Å². The lowest BCUT2D eigenvalue weighted by Gasteiger charge is -2.08. The van der Waals surface area contributed by atoms with Gasteiger partial charge in [-0.15, -0.1) is 0 Å². The topological polar surface area (TPSA) is 35.5 Å². The van der Waals surface area contributed by atoms with Gasteiger partial charge >= 0.3 is 0 Å². The summed E-state index contributed by atoms with van der Waals surface area (Å²) in [4.78, 5) is 12.5. The molecule has 112 valence electrons. The molecule has 0 fully saturated rings. The SMILES string of the molecule is O=c1c(OCc2ccccc2)ccc(F)cc1C1C=CCO1. The van der Waals surface area contributed by atoms with Crippen LogP contribution in [-0.2, 0) is 11.3 Å². The highest BCUT2D eigenvalue weighted by Gasteiger charge is 2.18. The number of halogens is 1. The highest BCUT2D eigenvalue weighted by atomic mass is 19.1. The monoisotopic (exact) mass is 298 g/mol. The molecule has 1 aliphatic heterocycles. The van der Waals surface area contributed by atoms with Gasteiger partial charge in [0.2, 0.25) is 5.43 Å². The van der Waals surface area contributed by atoms with Gasteiger partial charge in [0.25, 0.3) is 0 Å². The Kier molecular flexibility index (Phi) is 4.30. The average molecular weight is 298 g/mol. The molecule has 0 saturated carbocycles. The van der Waals surface area contributed by atoms with Crippen LogP contribution in [0.5, 0.6) is 5.75 Å². The molecule has 2 aromatic rings. The maximum absolute atomic E-state index is 13.7.